The maximum Gasteiger partial charge on any atom is 0.195 e. The van der Waals surface area contributed by atoms with E-state index in [0.717, 1.165) is 38.0 Å². The van der Waals surface area contributed by atoms with Gasteiger partial charge in [0.05, 0.1) is 13.2 Å². The van der Waals surface area contributed by atoms with Gasteiger partial charge in [-0.05, 0) is 18.8 Å². The zero-order valence-corrected chi connectivity index (χ0v) is 10.8. The zero-order valence-electron chi connectivity index (χ0n) is 10.8. The van der Waals surface area contributed by atoms with Gasteiger partial charge in [0.2, 0.25) is 0 Å². The fraction of sp³-hybridized carbons (Fsp3) is 0.600. The Morgan fingerprint density at radius 3 is 2.18 bits per heavy atom. The van der Waals surface area contributed by atoms with Gasteiger partial charge in [-0.25, -0.2) is 0 Å². The third-order valence-electron chi connectivity index (χ3n) is 3.10. The summed E-state index contributed by atoms with van der Waals surface area (Å²) >= 11 is 0. The van der Waals surface area contributed by atoms with Crippen LogP contribution in [0.1, 0.15) is 38.7 Å². The van der Waals surface area contributed by atoms with Crippen LogP contribution in [0.15, 0.2) is 30.3 Å². The van der Waals surface area contributed by atoms with E-state index in [4.69, 9.17) is 9.47 Å². The Labute approximate surface area is 104 Å². The van der Waals surface area contributed by atoms with Gasteiger partial charge in [0, 0.05) is 12.0 Å². The number of rotatable bonds is 3. The molecule has 1 aliphatic rings. The van der Waals surface area contributed by atoms with Gasteiger partial charge in [0.1, 0.15) is 0 Å². The fourth-order valence-corrected chi connectivity index (χ4v) is 2.35. The monoisotopic (exact) mass is 234 g/mol. The molecule has 0 spiro atoms. The van der Waals surface area contributed by atoms with Gasteiger partial charge < -0.3 is 9.47 Å². The molecule has 0 N–H and O–H groups in total. The first-order valence-corrected chi connectivity index (χ1v) is 6.56. The molecule has 0 amide bonds. The molecule has 0 atom stereocenters. The molecule has 1 fully saturated rings. The Kier molecular flexibility index (Phi) is 4.19. The van der Waals surface area contributed by atoms with Gasteiger partial charge in [-0.3, -0.25) is 0 Å². The Morgan fingerprint density at radius 1 is 1.06 bits per heavy atom. The zero-order chi connectivity index (χ0) is 12.1. The lowest BCUT2D eigenvalue weighted by atomic mass is 9.95. The van der Waals surface area contributed by atoms with Crippen LogP contribution < -0.4 is 0 Å². The van der Waals surface area contributed by atoms with E-state index >= 15 is 0 Å². The summed E-state index contributed by atoms with van der Waals surface area (Å²) in [5, 5.41) is 0. The van der Waals surface area contributed by atoms with E-state index in [9.17, 15) is 0 Å². The minimum absolute atomic E-state index is 0.522. The van der Waals surface area contributed by atoms with Crippen molar-refractivity contribution in [1.29, 1.82) is 0 Å². The van der Waals surface area contributed by atoms with Crippen LogP contribution >= 0.6 is 0 Å². The van der Waals surface area contributed by atoms with E-state index in [-0.39, 0.29) is 0 Å². The molecule has 0 radical (unpaired) electrons. The van der Waals surface area contributed by atoms with Gasteiger partial charge in [-0.2, -0.15) is 0 Å². The summed E-state index contributed by atoms with van der Waals surface area (Å²) in [6, 6.07) is 10.3. The lowest BCUT2D eigenvalue weighted by molar-refractivity contribution is -0.243. The normalized spacial score (nSPS) is 20.2. The van der Waals surface area contributed by atoms with Crippen molar-refractivity contribution in [3.05, 3.63) is 35.9 Å². The standard InChI is InChI=1S/C15H22O2/c1-13(2)12-15(14-8-4-3-5-9-14)16-10-6-7-11-17-15/h3-5,8-9,13H,6-7,10-12H2,1-2H3. The number of hydrogen-bond acceptors (Lipinski definition) is 2. The first kappa shape index (κ1) is 12.6. The Morgan fingerprint density at radius 2 is 1.65 bits per heavy atom. The van der Waals surface area contributed by atoms with E-state index in [0.29, 0.717) is 5.92 Å². The predicted molar refractivity (Wildman–Crippen MR) is 68.7 cm³/mol. The predicted octanol–water partition coefficient (Wildman–Crippen LogP) is 3.71. The second-order valence-electron chi connectivity index (χ2n) is 5.12. The van der Waals surface area contributed by atoms with Crippen molar-refractivity contribution in [1.82, 2.24) is 0 Å². The molecular weight excluding hydrogens is 212 g/mol. The molecule has 0 saturated carbocycles. The highest BCUT2D eigenvalue weighted by Crippen LogP contribution is 2.36. The average Bonchev–Trinajstić information content (AvgIpc) is 2.56. The van der Waals surface area contributed by atoms with Crippen LogP contribution in [-0.4, -0.2) is 13.2 Å². The lowest BCUT2D eigenvalue weighted by Gasteiger charge is -2.34. The van der Waals surface area contributed by atoms with Crippen molar-refractivity contribution in [2.45, 2.75) is 38.9 Å². The topological polar surface area (TPSA) is 18.5 Å². The average molecular weight is 234 g/mol. The third kappa shape index (κ3) is 3.08. The van der Waals surface area contributed by atoms with Gasteiger partial charge in [0.25, 0.3) is 0 Å². The van der Waals surface area contributed by atoms with Crippen molar-refractivity contribution >= 4 is 0 Å². The van der Waals surface area contributed by atoms with Crippen molar-refractivity contribution in [3.63, 3.8) is 0 Å². The molecule has 0 bridgehead atoms. The van der Waals surface area contributed by atoms with Gasteiger partial charge in [0.15, 0.2) is 5.79 Å². The molecule has 1 heterocycles. The second kappa shape index (κ2) is 5.65. The van der Waals surface area contributed by atoms with Crippen LogP contribution in [0.2, 0.25) is 0 Å². The first-order chi connectivity index (χ1) is 8.23. The van der Waals surface area contributed by atoms with E-state index in [2.05, 4.69) is 38.1 Å². The molecule has 0 unspecified atom stereocenters. The summed E-state index contributed by atoms with van der Waals surface area (Å²) in [6.45, 7) is 6.01. The highest BCUT2D eigenvalue weighted by Gasteiger charge is 2.36. The molecule has 17 heavy (non-hydrogen) atoms. The molecule has 94 valence electrons. The molecule has 1 saturated heterocycles. The van der Waals surface area contributed by atoms with Crippen molar-refractivity contribution in [2.75, 3.05) is 13.2 Å². The van der Waals surface area contributed by atoms with Crippen LogP contribution in [0.4, 0.5) is 0 Å². The van der Waals surface area contributed by atoms with Crippen molar-refractivity contribution in [3.8, 4) is 0 Å². The molecule has 1 aromatic rings. The molecule has 0 aliphatic carbocycles. The molecule has 2 rings (SSSR count). The van der Waals surface area contributed by atoms with E-state index < -0.39 is 5.79 Å². The number of hydrogen-bond donors (Lipinski definition) is 0. The van der Waals surface area contributed by atoms with E-state index in [1.807, 2.05) is 6.07 Å². The summed E-state index contributed by atoms with van der Waals surface area (Å²) in [6.07, 6.45) is 3.09. The van der Waals surface area contributed by atoms with Crippen molar-refractivity contribution in [2.24, 2.45) is 5.92 Å². The first-order valence-electron chi connectivity index (χ1n) is 6.56. The maximum atomic E-state index is 6.07. The van der Waals surface area contributed by atoms with Gasteiger partial charge in [-0.1, -0.05) is 44.2 Å². The summed E-state index contributed by atoms with van der Waals surface area (Å²) in [5.74, 6) is 0.0275. The van der Waals surface area contributed by atoms with Crippen LogP contribution in [0.3, 0.4) is 0 Å². The summed E-state index contributed by atoms with van der Waals surface area (Å²) in [5.41, 5.74) is 1.15. The van der Waals surface area contributed by atoms with Crippen LogP contribution in [0.25, 0.3) is 0 Å². The molecule has 1 aromatic carbocycles. The lowest BCUT2D eigenvalue weighted by Crippen LogP contribution is -2.34. The smallest absolute Gasteiger partial charge is 0.195 e. The number of benzene rings is 1. The third-order valence-corrected chi connectivity index (χ3v) is 3.10. The van der Waals surface area contributed by atoms with E-state index in [1.54, 1.807) is 0 Å². The Bertz CT molecular complexity index is 324. The van der Waals surface area contributed by atoms with Crippen LogP contribution in [0.5, 0.6) is 0 Å². The Balaban J connectivity index is 2.28. The second-order valence-corrected chi connectivity index (χ2v) is 5.12. The molecule has 2 nitrogen and oxygen atoms in total. The highest BCUT2D eigenvalue weighted by atomic mass is 16.7. The molecule has 1 aliphatic heterocycles. The SMILES string of the molecule is CC(C)CC1(c2ccccc2)OCCCCO1. The van der Waals surface area contributed by atoms with Crippen LogP contribution in [-0.2, 0) is 15.3 Å². The number of ether oxygens (including phenoxy) is 2. The van der Waals surface area contributed by atoms with Crippen molar-refractivity contribution < 1.29 is 9.47 Å². The van der Waals surface area contributed by atoms with Gasteiger partial charge in [-0.15, -0.1) is 0 Å². The minimum atomic E-state index is -0.522. The van der Waals surface area contributed by atoms with E-state index in [1.165, 1.54) is 0 Å². The quantitative estimate of drug-likeness (QED) is 0.793. The largest absolute Gasteiger partial charge is 0.346 e. The summed E-state index contributed by atoms with van der Waals surface area (Å²) in [4.78, 5) is 0. The summed E-state index contributed by atoms with van der Waals surface area (Å²) in [7, 11) is 0. The summed E-state index contributed by atoms with van der Waals surface area (Å²) < 4.78 is 12.1. The Hall–Kier alpha value is -0.860. The highest BCUT2D eigenvalue weighted by molar-refractivity contribution is 5.20. The minimum Gasteiger partial charge on any atom is -0.346 e. The molecule has 0 aromatic heterocycles. The van der Waals surface area contributed by atoms with Gasteiger partial charge >= 0.3 is 0 Å². The molecule has 2 heteroatoms. The maximum absolute atomic E-state index is 6.07. The van der Waals surface area contributed by atoms with Crippen LogP contribution in [0, 0.1) is 5.92 Å². The molecular formula is C15H22O2. The fourth-order valence-electron chi connectivity index (χ4n) is 2.35.